The monoisotopic (exact) mass is 357 g/mol. The van der Waals surface area contributed by atoms with Gasteiger partial charge in [0.2, 0.25) is 5.91 Å². The van der Waals surface area contributed by atoms with Crippen molar-refractivity contribution in [3.05, 3.63) is 0 Å². The third kappa shape index (κ3) is 8.60. The van der Waals surface area contributed by atoms with Crippen LogP contribution in [0.4, 0.5) is 9.59 Å². The zero-order chi connectivity index (χ0) is 19.3. The smallest absolute Gasteiger partial charge is 0.408 e. The second-order valence-electron chi connectivity index (χ2n) is 8.11. The maximum absolute atomic E-state index is 12.6. The van der Waals surface area contributed by atoms with Gasteiger partial charge in [0.05, 0.1) is 6.54 Å². The number of hydrogen-bond acceptors (Lipinski definition) is 5. The topological polar surface area (TPSA) is 97.0 Å². The standard InChI is InChI=1S/C17H31N3O5/c1-16(2,3)24-14(22)18-11-12(13(21)20-9-7-8-10-20)19-15(23)25-17(4,5)6/h12H,7-11H2,1-6H3,(H,18,22)(H,19,23)/t12-/m1/s1. The largest absolute Gasteiger partial charge is 0.444 e. The molecule has 1 rings (SSSR count). The van der Waals surface area contributed by atoms with E-state index in [-0.39, 0.29) is 12.5 Å². The molecule has 0 aromatic rings. The predicted octanol–water partition coefficient (Wildman–Crippen LogP) is 2.03. The Morgan fingerprint density at radius 2 is 1.40 bits per heavy atom. The molecule has 3 amide bonds. The van der Waals surface area contributed by atoms with Crippen LogP contribution >= 0.6 is 0 Å². The second-order valence-corrected chi connectivity index (χ2v) is 8.11. The van der Waals surface area contributed by atoms with Crippen LogP contribution < -0.4 is 10.6 Å². The van der Waals surface area contributed by atoms with Crippen molar-refractivity contribution in [2.24, 2.45) is 0 Å². The molecular weight excluding hydrogens is 326 g/mol. The first-order valence-electron chi connectivity index (χ1n) is 8.62. The SMILES string of the molecule is CC(C)(C)OC(=O)NC[C@@H](NC(=O)OC(C)(C)C)C(=O)N1CCCC1. The molecule has 0 bridgehead atoms. The van der Waals surface area contributed by atoms with Crippen LogP contribution in [0.3, 0.4) is 0 Å². The molecule has 1 aliphatic rings. The lowest BCUT2D eigenvalue weighted by atomic mass is 10.2. The summed E-state index contributed by atoms with van der Waals surface area (Å²) in [6.45, 7) is 11.7. The van der Waals surface area contributed by atoms with E-state index in [2.05, 4.69) is 10.6 Å². The highest BCUT2D eigenvalue weighted by molar-refractivity contribution is 5.86. The van der Waals surface area contributed by atoms with Gasteiger partial charge in [-0.25, -0.2) is 9.59 Å². The third-order valence-electron chi connectivity index (χ3n) is 3.26. The number of hydrogen-bond donors (Lipinski definition) is 2. The molecule has 0 aromatic carbocycles. The zero-order valence-corrected chi connectivity index (χ0v) is 16.1. The second kappa shape index (κ2) is 8.40. The molecule has 0 radical (unpaired) electrons. The van der Waals surface area contributed by atoms with Crippen molar-refractivity contribution < 1.29 is 23.9 Å². The summed E-state index contributed by atoms with van der Waals surface area (Å²) in [4.78, 5) is 38.1. The molecule has 8 nitrogen and oxygen atoms in total. The molecule has 0 unspecified atom stereocenters. The number of nitrogens with zero attached hydrogens (tertiary/aromatic N) is 1. The van der Waals surface area contributed by atoms with E-state index >= 15 is 0 Å². The first-order valence-corrected chi connectivity index (χ1v) is 8.62. The van der Waals surface area contributed by atoms with Gasteiger partial charge < -0.3 is 25.0 Å². The number of carbonyl (C=O) groups is 3. The summed E-state index contributed by atoms with van der Waals surface area (Å²) >= 11 is 0. The molecule has 144 valence electrons. The van der Waals surface area contributed by atoms with E-state index in [4.69, 9.17) is 9.47 Å². The minimum absolute atomic E-state index is 0.0660. The van der Waals surface area contributed by atoms with Crippen molar-refractivity contribution in [1.29, 1.82) is 0 Å². The van der Waals surface area contributed by atoms with Crippen molar-refractivity contribution in [1.82, 2.24) is 15.5 Å². The van der Waals surface area contributed by atoms with Crippen LogP contribution in [0.2, 0.25) is 0 Å². The van der Waals surface area contributed by atoms with E-state index in [1.54, 1.807) is 46.4 Å². The van der Waals surface area contributed by atoms with E-state index in [0.29, 0.717) is 13.1 Å². The van der Waals surface area contributed by atoms with E-state index < -0.39 is 29.4 Å². The predicted molar refractivity (Wildman–Crippen MR) is 93.2 cm³/mol. The van der Waals surface area contributed by atoms with Gasteiger partial charge >= 0.3 is 12.2 Å². The van der Waals surface area contributed by atoms with Crippen LogP contribution in [-0.4, -0.2) is 59.9 Å². The summed E-state index contributed by atoms with van der Waals surface area (Å²) < 4.78 is 10.4. The summed E-state index contributed by atoms with van der Waals surface area (Å²) in [5, 5.41) is 5.08. The van der Waals surface area contributed by atoms with Gasteiger partial charge in [0.1, 0.15) is 17.2 Å². The molecule has 1 aliphatic heterocycles. The van der Waals surface area contributed by atoms with Gasteiger partial charge in [-0.3, -0.25) is 4.79 Å². The Morgan fingerprint density at radius 3 is 1.88 bits per heavy atom. The molecule has 8 heteroatoms. The van der Waals surface area contributed by atoms with Gasteiger partial charge in [0.15, 0.2) is 0 Å². The van der Waals surface area contributed by atoms with E-state index in [1.807, 2.05) is 0 Å². The summed E-state index contributed by atoms with van der Waals surface area (Å²) in [6.07, 6.45) is 0.531. The number of rotatable bonds is 4. The van der Waals surface area contributed by atoms with Gasteiger partial charge in [-0.15, -0.1) is 0 Å². The first-order chi connectivity index (χ1) is 11.4. The van der Waals surface area contributed by atoms with Crippen LogP contribution in [-0.2, 0) is 14.3 Å². The maximum Gasteiger partial charge on any atom is 0.408 e. The zero-order valence-electron chi connectivity index (χ0n) is 16.1. The third-order valence-corrected chi connectivity index (χ3v) is 3.26. The normalized spacial score (nSPS) is 16.2. The molecule has 1 atom stereocenters. The summed E-state index contributed by atoms with van der Waals surface area (Å²) in [5.41, 5.74) is -1.32. The fourth-order valence-electron chi connectivity index (χ4n) is 2.31. The van der Waals surface area contributed by atoms with E-state index in [0.717, 1.165) is 12.8 Å². The average molecular weight is 357 g/mol. The number of likely N-dealkylation sites (tertiary alicyclic amines) is 1. The van der Waals surface area contributed by atoms with Gasteiger partial charge in [0.25, 0.3) is 0 Å². The highest BCUT2D eigenvalue weighted by atomic mass is 16.6. The summed E-state index contributed by atoms with van der Waals surface area (Å²) in [7, 11) is 0. The van der Waals surface area contributed by atoms with E-state index in [9.17, 15) is 14.4 Å². The molecular formula is C17H31N3O5. The van der Waals surface area contributed by atoms with Crippen molar-refractivity contribution in [2.75, 3.05) is 19.6 Å². The lowest BCUT2D eigenvalue weighted by Crippen LogP contribution is -2.54. The number of alkyl carbamates (subject to hydrolysis) is 2. The molecule has 1 heterocycles. The van der Waals surface area contributed by atoms with E-state index in [1.165, 1.54) is 0 Å². The molecule has 25 heavy (non-hydrogen) atoms. The average Bonchev–Trinajstić information content (AvgIpc) is 2.92. The van der Waals surface area contributed by atoms with Gasteiger partial charge in [-0.1, -0.05) is 0 Å². The van der Waals surface area contributed by atoms with Gasteiger partial charge in [0, 0.05) is 13.1 Å². The molecule has 0 aliphatic carbocycles. The molecule has 1 fully saturated rings. The number of amides is 3. The first kappa shape index (κ1) is 21.1. The van der Waals surface area contributed by atoms with Crippen LogP contribution in [0.15, 0.2) is 0 Å². The molecule has 0 spiro atoms. The molecule has 1 saturated heterocycles. The Balaban J connectivity index is 2.68. The molecule has 2 N–H and O–H groups in total. The fraction of sp³-hybridized carbons (Fsp3) is 0.824. The number of carbonyl (C=O) groups excluding carboxylic acids is 3. The maximum atomic E-state index is 12.6. The van der Waals surface area contributed by atoms with Crippen molar-refractivity contribution in [2.45, 2.75) is 71.6 Å². The van der Waals surface area contributed by atoms with Crippen LogP contribution in [0, 0.1) is 0 Å². The van der Waals surface area contributed by atoms with Crippen LogP contribution in [0.1, 0.15) is 54.4 Å². The quantitative estimate of drug-likeness (QED) is 0.802. The molecule has 0 saturated carbocycles. The Labute approximate surface area is 149 Å². The fourth-order valence-corrected chi connectivity index (χ4v) is 2.31. The minimum atomic E-state index is -0.902. The highest BCUT2D eigenvalue weighted by Gasteiger charge is 2.30. The molecule has 0 aromatic heterocycles. The van der Waals surface area contributed by atoms with Crippen LogP contribution in [0.25, 0.3) is 0 Å². The Bertz CT molecular complexity index is 487. The highest BCUT2D eigenvalue weighted by Crippen LogP contribution is 2.11. The van der Waals surface area contributed by atoms with Crippen LogP contribution in [0.5, 0.6) is 0 Å². The lowest BCUT2D eigenvalue weighted by Gasteiger charge is -2.27. The Morgan fingerprint density at radius 1 is 0.920 bits per heavy atom. The van der Waals surface area contributed by atoms with Gasteiger partial charge in [-0.05, 0) is 54.4 Å². The Kier molecular flexibility index (Phi) is 7.07. The van der Waals surface area contributed by atoms with Crippen molar-refractivity contribution >= 4 is 18.1 Å². The summed E-state index contributed by atoms with van der Waals surface area (Å²) in [6, 6.07) is -0.902. The lowest BCUT2D eigenvalue weighted by molar-refractivity contribution is -0.132. The van der Waals surface area contributed by atoms with Crippen molar-refractivity contribution in [3.63, 3.8) is 0 Å². The Hall–Kier alpha value is -1.99. The number of ether oxygens (including phenoxy) is 2. The van der Waals surface area contributed by atoms with Crippen molar-refractivity contribution in [3.8, 4) is 0 Å². The van der Waals surface area contributed by atoms with Gasteiger partial charge in [-0.2, -0.15) is 0 Å². The summed E-state index contributed by atoms with van der Waals surface area (Å²) in [5.74, 6) is -0.237. The minimum Gasteiger partial charge on any atom is -0.444 e. The number of nitrogens with one attached hydrogen (secondary N) is 2.